The van der Waals surface area contributed by atoms with Crippen LogP contribution in [0.15, 0.2) is 53.4 Å². The molecule has 0 radical (unpaired) electrons. The van der Waals surface area contributed by atoms with Gasteiger partial charge in [0.1, 0.15) is 0 Å². The van der Waals surface area contributed by atoms with Crippen LogP contribution in [0.4, 0.5) is 5.69 Å². The fourth-order valence-electron chi connectivity index (χ4n) is 2.46. The first-order valence-corrected chi connectivity index (χ1v) is 10.8. The summed E-state index contributed by atoms with van der Waals surface area (Å²) >= 11 is 1.24. The Hall–Kier alpha value is -2.80. The first kappa shape index (κ1) is 23.5. The monoisotopic (exact) mass is 428 g/mol. The van der Waals surface area contributed by atoms with Gasteiger partial charge in [0.05, 0.1) is 11.3 Å². The topological polar surface area (TPSA) is 84.5 Å². The number of thioether (sulfide) groups is 1. The lowest BCUT2D eigenvalue weighted by Crippen LogP contribution is -2.37. The van der Waals surface area contributed by atoms with Crippen molar-refractivity contribution in [1.82, 2.24) is 5.32 Å². The molecular formula is C23H28N2O4S. The van der Waals surface area contributed by atoms with Gasteiger partial charge in [-0.3, -0.25) is 9.59 Å². The van der Waals surface area contributed by atoms with Gasteiger partial charge < -0.3 is 15.4 Å². The number of benzene rings is 2. The maximum absolute atomic E-state index is 12.6. The van der Waals surface area contributed by atoms with Crippen molar-refractivity contribution >= 4 is 35.2 Å². The van der Waals surface area contributed by atoms with Crippen molar-refractivity contribution in [2.75, 3.05) is 17.6 Å². The van der Waals surface area contributed by atoms with E-state index in [0.717, 1.165) is 11.3 Å². The van der Waals surface area contributed by atoms with Crippen molar-refractivity contribution in [3.63, 3.8) is 0 Å². The molecule has 0 fully saturated rings. The number of rotatable bonds is 9. The van der Waals surface area contributed by atoms with Crippen LogP contribution < -0.4 is 10.6 Å². The van der Waals surface area contributed by atoms with Crippen LogP contribution in [0.1, 0.15) is 36.7 Å². The van der Waals surface area contributed by atoms with Gasteiger partial charge in [-0.05, 0) is 44.0 Å². The van der Waals surface area contributed by atoms with Crippen LogP contribution in [0.5, 0.6) is 0 Å². The Morgan fingerprint density at radius 2 is 1.67 bits per heavy atom. The molecule has 0 aromatic heterocycles. The van der Waals surface area contributed by atoms with E-state index in [1.807, 2.05) is 45.0 Å². The van der Waals surface area contributed by atoms with Crippen molar-refractivity contribution < 1.29 is 19.1 Å². The molecule has 0 aliphatic heterocycles. The Labute approximate surface area is 181 Å². The Bertz CT molecular complexity index is 881. The number of hydrogen-bond donors (Lipinski definition) is 2. The molecule has 0 saturated carbocycles. The summed E-state index contributed by atoms with van der Waals surface area (Å²) in [5.41, 5.74) is 2.16. The van der Waals surface area contributed by atoms with E-state index in [4.69, 9.17) is 4.74 Å². The Morgan fingerprint density at radius 1 is 1.00 bits per heavy atom. The van der Waals surface area contributed by atoms with Gasteiger partial charge in [-0.2, -0.15) is 0 Å². The number of aryl methyl sites for hydroxylation is 1. The molecule has 0 heterocycles. The van der Waals surface area contributed by atoms with E-state index in [0.29, 0.717) is 22.9 Å². The van der Waals surface area contributed by atoms with E-state index in [1.165, 1.54) is 11.8 Å². The number of ether oxygens (including phenoxy) is 1. The quantitative estimate of drug-likeness (QED) is 0.465. The highest BCUT2D eigenvalue weighted by Gasteiger charge is 2.21. The molecule has 160 valence electrons. The van der Waals surface area contributed by atoms with Crippen molar-refractivity contribution in [3.8, 4) is 0 Å². The number of hydrogen-bond acceptors (Lipinski definition) is 5. The van der Waals surface area contributed by atoms with Gasteiger partial charge in [-0.25, -0.2) is 4.79 Å². The van der Waals surface area contributed by atoms with Crippen molar-refractivity contribution in [3.05, 3.63) is 59.7 Å². The maximum Gasteiger partial charge on any atom is 0.340 e. The number of nitrogens with one attached hydrogen (secondary N) is 2. The molecule has 0 aliphatic rings. The first-order chi connectivity index (χ1) is 14.3. The van der Waals surface area contributed by atoms with E-state index in [-0.39, 0.29) is 17.6 Å². The van der Waals surface area contributed by atoms with Crippen LogP contribution >= 0.6 is 11.8 Å². The average Bonchev–Trinajstić information content (AvgIpc) is 2.72. The summed E-state index contributed by atoms with van der Waals surface area (Å²) in [7, 11) is 0. The van der Waals surface area contributed by atoms with E-state index in [1.54, 1.807) is 31.2 Å². The van der Waals surface area contributed by atoms with E-state index in [9.17, 15) is 14.4 Å². The molecule has 0 aliphatic carbocycles. The Balaban J connectivity index is 1.94. The SMILES string of the molecule is Cc1ccc(NC(=O)CSc2ccccc2C(=O)OC(C)C(=O)NCC(C)C)cc1. The number of amides is 2. The van der Waals surface area contributed by atoms with Gasteiger partial charge in [-0.15, -0.1) is 11.8 Å². The zero-order valence-corrected chi connectivity index (χ0v) is 18.5. The summed E-state index contributed by atoms with van der Waals surface area (Å²) in [6.45, 7) is 8.01. The largest absolute Gasteiger partial charge is 0.449 e. The molecule has 0 saturated heterocycles. The van der Waals surface area contributed by atoms with Crippen molar-refractivity contribution in [1.29, 1.82) is 0 Å². The summed E-state index contributed by atoms with van der Waals surface area (Å²) in [6, 6.07) is 14.4. The second-order valence-electron chi connectivity index (χ2n) is 7.39. The van der Waals surface area contributed by atoms with E-state index < -0.39 is 12.1 Å². The zero-order chi connectivity index (χ0) is 22.1. The molecule has 0 spiro atoms. The fraction of sp³-hybridized carbons (Fsp3) is 0.348. The highest BCUT2D eigenvalue weighted by molar-refractivity contribution is 8.00. The van der Waals surface area contributed by atoms with Gasteiger partial charge in [0.15, 0.2) is 6.10 Å². The highest BCUT2D eigenvalue weighted by Crippen LogP contribution is 2.24. The van der Waals surface area contributed by atoms with Crippen LogP contribution in [0.2, 0.25) is 0 Å². The molecule has 1 atom stereocenters. The van der Waals surface area contributed by atoms with Crippen molar-refractivity contribution in [2.45, 2.75) is 38.7 Å². The average molecular weight is 429 g/mol. The minimum absolute atomic E-state index is 0.141. The number of esters is 1. The van der Waals surface area contributed by atoms with Crippen molar-refractivity contribution in [2.24, 2.45) is 5.92 Å². The number of carbonyl (C=O) groups excluding carboxylic acids is 3. The third-order valence-corrected chi connectivity index (χ3v) is 5.21. The minimum Gasteiger partial charge on any atom is -0.449 e. The lowest BCUT2D eigenvalue weighted by atomic mass is 10.2. The molecule has 2 aromatic carbocycles. The molecule has 2 N–H and O–H groups in total. The van der Waals surface area contributed by atoms with Crippen LogP contribution in [-0.4, -0.2) is 36.2 Å². The van der Waals surface area contributed by atoms with Gasteiger partial charge >= 0.3 is 5.97 Å². The van der Waals surface area contributed by atoms with Crippen LogP contribution in [-0.2, 0) is 14.3 Å². The van der Waals surface area contributed by atoms with Gasteiger partial charge in [0, 0.05) is 17.1 Å². The normalized spacial score (nSPS) is 11.6. The highest BCUT2D eigenvalue weighted by atomic mass is 32.2. The van der Waals surface area contributed by atoms with Gasteiger partial charge in [-0.1, -0.05) is 43.7 Å². The molecule has 2 aromatic rings. The molecule has 2 rings (SSSR count). The molecule has 7 heteroatoms. The van der Waals surface area contributed by atoms with Crippen LogP contribution in [0.3, 0.4) is 0 Å². The van der Waals surface area contributed by atoms with E-state index >= 15 is 0 Å². The molecule has 2 amide bonds. The predicted octanol–water partition coefficient (Wildman–Crippen LogP) is 4.04. The zero-order valence-electron chi connectivity index (χ0n) is 17.7. The third kappa shape index (κ3) is 7.55. The molecule has 30 heavy (non-hydrogen) atoms. The summed E-state index contributed by atoms with van der Waals surface area (Å²) < 4.78 is 5.32. The van der Waals surface area contributed by atoms with E-state index in [2.05, 4.69) is 10.6 Å². The summed E-state index contributed by atoms with van der Waals surface area (Å²) in [6.07, 6.45) is -0.904. The summed E-state index contributed by atoms with van der Waals surface area (Å²) in [5, 5.41) is 5.58. The maximum atomic E-state index is 12.6. The van der Waals surface area contributed by atoms with Gasteiger partial charge in [0.25, 0.3) is 5.91 Å². The standard InChI is InChI=1S/C23H28N2O4S/c1-15(2)13-24-22(27)17(4)29-23(28)19-7-5-6-8-20(19)30-14-21(26)25-18-11-9-16(3)10-12-18/h5-12,15,17H,13-14H2,1-4H3,(H,24,27)(H,25,26). The minimum atomic E-state index is -0.904. The Kier molecular flexibility index (Phi) is 8.92. The second kappa shape index (κ2) is 11.4. The third-order valence-electron chi connectivity index (χ3n) is 4.14. The Morgan fingerprint density at radius 3 is 2.33 bits per heavy atom. The first-order valence-electron chi connectivity index (χ1n) is 9.83. The second-order valence-corrected chi connectivity index (χ2v) is 8.40. The molecule has 0 bridgehead atoms. The smallest absolute Gasteiger partial charge is 0.340 e. The molecule has 6 nitrogen and oxygen atoms in total. The lowest BCUT2D eigenvalue weighted by Gasteiger charge is -2.15. The molecule has 1 unspecified atom stereocenters. The fourth-order valence-corrected chi connectivity index (χ4v) is 3.30. The summed E-state index contributed by atoms with van der Waals surface area (Å²) in [5.74, 6) is -0.653. The van der Waals surface area contributed by atoms with Gasteiger partial charge in [0.2, 0.25) is 5.91 Å². The van der Waals surface area contributed by atoms with Crippen LogP contribution in [0.25, 0.3) is 0 Å². The lowest BCUT2D eigenvalue weighted by molar-refractivity contribution is -0.129. The number of carbonyl (C=O) groups is 3. The summed E-state index contributed by atoms with van der Waals surface area (Å²) in [4.78, 5) is 37.5. The van der Waals surface area contributed by atoms with Crippen LogP contribution in [0, 0.1) is 12.8 Å². The number of anilines is 1. The molecular weight excluding hydrogens is 400 g/mol. The predicted molar refractivity (Wildman–Crippen MR) is 120 cm³/mol.